The van der Waals surface area contributed by atoms with E-state index in [0.717, 1.165) is 6.42 Å². The van der Waals surface area contributed by atoms with Gasteiger partial charge in [0.25, 0.3) is 0 Å². The lowest BCUT2D eigenvalue weighted by atomic mass is 10.1. The lowest BCUT2D eigenvalue weighted by molar-refractivity contribution is 0.111. The average molecular weight is 243 g/mol. The van der Waals surface area contributed by atoms with Gasteiger partial charge in [0.05, 0.1) is 6.61 Å². The van der Waals surface area contributed by atoms with Crippen molar-refractivity contribution in [2.75, 3.05) is 19.7 Å². The van der Waals surface area contributed by atoms with Crippen LogP contribution < -0.4 is 0 Å². The van der Waals surface area contributed by atoms with Gasteiger partial charge in [-0.05, 0) is 32.4 Å². The third kappa shape index (κ3) is 8.62. The number of rotatable bonds is 12. The zero-order valence-corrected chi connectivity index (χ0v) is 12.2. The van der Waals surface area contributed by atoms with Gasteiger partial charge >= 0.3 is 0 Å². The Bertz CT molecular complexity index is 140. The molecule has 0 rings (SSSR count). The van der Waals surface area contributed by atoms with Crippen LogP contribution in [0.2, 0.25) is 0 Å². The summed E-state index contributed by atoms with van der Waals surface area (Å²) in [6, 6.07) is 0.397. The number of nitrogens with zero attached hydrogens (tertiary/aromatic N) is 1. The summed E-state index contributed by atoms with van der Waals surface area (Å²) in [6.45, 7) is 9.37. The molecular formula is C15H33NO. The molecule has 1 unspecified atom stereocenters. The van der Waals surface area contributed by atoms with Gasteiger partial charge in [0, 0.05) is 6.04 Å². The van der Waals surface area contributed by atoms with Crippen molar-refractivity contribution in [3.05, 3.63) is 0 Å². The van der Waals surface area contributed by atoms with Gasteiger partial charge in [-0.15, -0.1) is 0 Å². The predicted molar refractivity (Wildman–Crippen MR) is 76.4 cm³/mol. The minimum Gasteiger partial charge on any atom is -0.395 e. The van der Waals surface area contributed by atoms with E-state index in [9.17, 15) is 5.11 Å². The van der Waals surface area contributed by atoms with Crippen LogP contribution in [0.4, 0.5) is 0 Å². The van der Waals surface area contributed by atoms with Gasteiger partial charge in [0.1, 0.15) is 0 Å². The third-order valence-corrected chi connectivity index (χ3v) is 3.45. The molecule has 0 radical (unpaired) electrons. The molecule has 0 spiro atoms. The van der Waals surface area contributed by atoms with Crippen molar-refractivity contribution >= 4 is 0 Å². The minimum absolute atomic E-state index is 0.325. The van der Waals surface area contributed by atoms with Crippen LogP contribution in [-0.2, 0) is 0 Å². The van der Waals surface area contributed by atoms with Crippen LogP contribution in [0.5, 0.6) is 0 Å². The van der Waals surface area contributed by atoms with Crippen molar-refractivity contribution < 1.29 is 5.11 Å². The molecule has 0 aliphatic rings. The topological polar surface area (TPSA) is 23.5 Å². The van der Waals surface area contributed by atoms with E-state index in [2.05, 4.69) is 25.7 Å². The van der Waals surface area contributed by atoms with Gasteiger partial charge in [0.2, 0.25) is 0 Å². The molecule has 0 heterocycles. The van der Waals surface area contributed by atoms with E-state index in [1.54, 1.807) is 0 Å². The Morgan fingerprint density at radius 2 is 1.35 bits per heavy atom. The SMILES string of the molecule is CCCCCN(CCCCC)C(CO)CCC. The van der Waals surface area contributed by atoms with Gasteiger partial charge in [0.15, 0.2) is 0 Å². The molecule has 104 valence electrons. The summed E-state index contributed by atoms with van der Waals surface area (Å²) in [7, 11) is 0. The maximum absolute atomic E-state index is 9.50. The van der Waals surface area contributed by atoms with Gasteiger partial charge in [-0.3, -0.25) is 4.90 Å². The molecule has 1 N–H and O–H groups in total. The standard InChI is InChI=1S/C15H33NO/c1-4-7-9-12-16(13-10-8-5-2)15(14-17)11-6-3/h15,17H,4-14H2,1-3H3. The summed E-state index contributed by atoms with van der Waals surface area (Å²) in [6.07, 6.45) is 10.0. The number of hydrogen-bond donors (Lipinski definition) is 1. The molecule has 0 aromatic heterocycles. The molecular weight excluding hydrogens is 210 g/mol. The number of aliphatic hydroxyl groups is 1. The number of hydrogen-bond acceptors (Lipinski definition) is 2. The molecule has 0 aliphatic carbocycles. The first-order chi connectivity index (χ1) is 8.29. The highest BCUT2D eigenvalue weighted by molar-refractivity contribution is 4.70. The second-order valence-corrected chi connectivity index (χ2v) is 5.08. The Morgan fingerprint density at radius 3 is 1.71 bits per heavy atom. The maximum atomic E-state index is 9.50. The van der Waals surface area contributed by atoms with Crippen LogP contribution in [0.25, 0.3) is 0 Å². The molecule has 0 bridgehead atoms. The molecule has 0 aromatic rings. The van der Waals surface area contributed by atoms with Crippen LogP contribution >= 0.6 is 0 Å². The van der Waals surface area contributed by atoms with Gasteiger partial charge in [-0.25, -0.2) is 0 Å². The maximum Gasteiger partial charge on any atom is 0.0586 e. The van der Waals surface area contributed by atoms with Gasteiger partial charge < -0.3 is 5.11 Å². The Morgan fingerprint density at radius 1 is 0.824 bits per heavy atom. The largest absolute Gasteiger partial charge is 0.395 e. The van der Waals surface area contributed by atoms with Crippen molar-refractivity contribution in [1.29, 1.82) is 0 Å². The number of aliphatic hydroxyl groups excluding tert-OH is 1. The predicted octanol–water partition coefficient (Wildman–Crippen LogP) is 3.83. The quantitative estimate of drug-likeness (QED) is 0.527. The lowest BCUT2D eigenvalue weighted by Gasteiger charge is -2.30. The molecule has 2 heteroatoms. The van der Waals surface area contributed by atoms with Crippen molar-refractivity contribution in [2.45, 2.75) is 78.2 Å². The summed E-state index contributed by atoms with van der Waals surface area (Å²) in [5.41, 5.74) is 0. The minimum atomic E-state index is 0.325. The van der Waals surface area contributed by atoms with E-state index >= 15 is 0 Å². The van der Waals surface area contributed by atoms with E-state index in [4.69, 9.17) is 0 Å². The lowest BCUT2D eigenvalue weighted by Crippen LogP contribution is -2.39. The van der Waals surface area contributed by atoms with Gasteiger partial charge in [-0.2, -0.15) is 0 Å². The van der Waals surface area contributed by atoms with Gasteiger partial charge in [-0.1, -0.05) is 52.9 Å². The van der Waals surface area contributed by atoms with Crippen LogP contribution in [-0.4, -0.2) is 35.7 Å². The van der Waals surface area contributed by atoms with Crippen LogP contribution in [0.1, 0.15) is 72.1 Å². The molecule has 17 heavy (non-hydrogen) atoms. The van der Waals surface area contributed by atoms with Crippen molar-refractivity contribution in [3.63, 3.8) is 0 Å². The molecule has 0 saturated heterocycles. The average Bonchev–Trinajstić information content (AvgIpc) is 2.35. The summed E-state index contributed by atoms with van der Waals surface area (Å²) >= 11 is 0. The highest BCUT2D eigenvalue weighted by Crippen LogP contribution is 2.11. The molecule has 0 saturated carbocycles. The molecule has 1 atom stereocenters. The fourth-order valence-corrected chi connectivity index (χ4v) is 2.33. The Balaban J connectivity index is 4.04. The fraction of sp³-hybridized carbons (Fsp3) is 1.00. The first-order valence-corrected chi connectivity index (χ1v) is 7.64. The smallest absolute Gasteiger partial charge is 0.0586 e. The number of unbranched alkanes of at least 4 members (excludes halogenated alkanes) is 4. The molecule has 0 aliphatic heterocycles. The molecule has 0 aromatic carbocycles. The summed E-state index contributed by atoms with van der Waals surface area (Å²) in [4.78, 5) is 2.52. The third-order valence-electron chi connectivity index (χ3n) is 3.45. The van der Waals surface area contributed by atoms with Crippen molar-refractivity contribution in [3.8, 4) is 0 Å². The zero-order valence-electron chi connectivity index (χ0n) is 12.2. The van der Waals surface area contributed by atoms with E-state index in [0.29, 0.717) is 12.6 Å². The van der Waals surface area contributed by atoms with Crippen LogP contribution in [0.3, 0.4) is 0 Å². The highest BCUT2D eigenvalue weighted by atomic mass is 16.3. The second kappa shape index (κ2) is 12.4. The highest BCUT2D eigenvalue weighted by Gasteiger charge is 2.15. The first-order valence-electron chi connectivity index (χ1n) is 7.64. The van der Waals surface area contributed by atoms with E-state index in [-0.39, 0.29) is 0 Å². The summed E-state index contributed by atoms with van der Waals surface area (Å²) < 4.78 is 0. The van der Waals surface area contributed by atoms with E-state index in [1.807, 2.05) is 0 Å². The second-order valence-electron chi connectivity index (χ2n) is 5.08. The zero-order chi connectivity index (χ0) is 12.9. The van der Waals surface area contributed by atoms with E-state index < -0.39 is 0 Å². The van der Waals surface area contributed by atoms with Crippen molar-refractivity contribution in [1.82, 2.24) is 4.90 Å². The molecule has 0 fully saturated rings. The Hall–Kier alpha value is -0.0800. The molecule has 2 nitrogen and oxygen atoms in total. The van der Waals surface area contributed by atoms with Crippen molar-refractivity contribution in [2.24, 2.45) is 0 Å². The Kier molecular flexibility index (Phi) is 12.3. The summed E-state index contributed by atoms with van der Waals surface area (Å²) in [5, 5.41) is 9.50. The van der Waals surface area contributed by atoms with Crippen LogP contribution in [0.15, 0.2) is 0 Å². The fourth-order valence-electron chi connectivity index (χ4n) is 2.33. The Labute approximate surface area is 108 Å². The molecule has 0 amide bonds. The van der Waals surface area contributed by atoms with E-state index in [1.165, 1.54) is 58.0 Å². The van der Waals surface area contributed by atoms with Crippen LogP contribution in [0, 0.1) is 0 Å². The monoisotopic (exact) mass is 243 g/mol. The summed E-state index contributed by atoms with van der Waals surface area (Å²) in [5.74, 6) is 0. The first kappa shape index (κ1) is 16.9. The normalized spacial score (nSPS) is 13.2.